The fourth-order valence-electron chi connectivity index (χ4n) is 2.96. The Morgan fingerprint density at radius 1 is 1.41 bits per heavy atom. The number of piperidine rings is 1. The first-order valence-electron chi connectivity index (χ1n) is 8.02. The summed E-state index contributed by atoms with van der Waals surface area (Å²) < 4.78 is 0. The molecule has 2 rings (SSSR count). The number of carboxylic acids is 1. The molecular weight excluding hydrogens is 300 g/mol. The maximum absolute atomic E-state index is 12.8. The molecule has 1 N–H and O–H groups in total. The second kappa shape index (κ2) is 7.72. The van der Waals surface area contributed by atoms with Crippen LogP contribution in [0.3, 0.4) is 0 Å². The fourth-order valence-corrected chi connectivity index (χ4v) is 4.08. The van der Waals surface area contributed by atoms with E-state index in [0.717, 1.165) is 54.2 Å². The fraction of sp³-hybridized carbons (Fsp3) is 0.688. The SMILES string of the molecule is CCCc1nc(C)c(C(=O)N2CCCC[C@H]2CCC(=O)O)s1. The van der Waals surface area contributed by atoms with Crippen molar-refractivity contribution in [3.63, 3.8) is 0 Å². The Labute approximate surface area is 135 Å². The van der Waals surface area contributed by atoms with Gasteiger partial charge in [0.2, 0.25) is 0 Å². The Hall–Kier alpha value is -1.43. The van der Waals surface area contributed by atoms with Gasteiger partial charge < -0.3 is 10.0 Å². The van der Waals surface area contributed by atoms with Gasteiger partial charge in [0.15, 0.2) is 0 Å². The smallest absolute Gasteiger partial charge is 0.303 e. The van der Waals surface area contributed by atoms with Crippen LogP contribution in [0.15, 0.2) is 0 Å². The minimum Gasteiger partial charge on any atom is -0.481 e. The molecule has 0 spiro atoms. The highest BCUT2D eigenvalue weighted by Gasteiger charge is 2.30. The maximum Gasteiger partial charge on any atom is 0.303 e. The molecule has 1 aromatic heterocycles. The van der Waals surface area contributed by atoms with Gasteiger partial charge in [-0.2, -0.15) is 0 Å². The van der Waals surface area contributed by atoms with E-state index in [1.165, 1.54) is 11.3 Å². The van der Waals surface area contributed by atoms with Crippen molar-refractivity contribution in [3.8, 4) is 0 Å². The number of hydrogen-bond acceptors (Lipinski definition) is 4. The lowest BCUT2D eigenvalue weighted by Crippen LogP contribution is -2.43. The molecule has 1 saturated heterocycles. The largest absolute Gasteiger partial charge is 0.481 e. The van der Waals surface area contributed by atoms with Crippen LogP contribution in [0.4, 0.5) is 0 Å². The number of aromatic nitrogens is 1. The van der Waals surface area contributed by atoms with Gasteiger partial charge in [0.25, 0.3) is 5.91 Å². The summed E-state index contributed by atoms with van der Waals surface area (Å²) in [7, 11) is 0. The lowest BCUT2D eigenvalue weighted by atomic mass is 9.97. The van der Waals surface area contributed by atoms with E-state index in [1.807, 2.05) is 11.8 Å². The highest BCUT2D eigenvalue weighted by atomic mass is 32.1. The topological polar surface area (TPSA) is 70.5 Å². The van der Waals surface area contributed by atoms with E-state index in [0.29, 0.717) is 6.42 Å². The molecule has 6 heteroatoms. The van der Waals surface area contributed by atoms with Crippen molar-refractivity contribution in [2.75, 3.05) is 6.54 Å². The zero-order valence-electron chi connectivity index (χ0n) is 13.3. The molecule has 2 heterocycles. The summed E-state index contributed by atoms with van der Waals surface area (Å²) in [6.45, 7) is 4.72. The Kier molecular flexibility index (Phi) is 5.94. The molecule has 5 nitrogen and oxygen atoms in total. The molecule has 0 aromatic carbocycles. The zero-order chi connectivity index (χ0) is 16.1. The molecule has 0 bridgehead atoms. The molecule has 122 valence electrons. The van der Waals surface area contributed by atoms with Crippen LogP contribution in [0.2, 0.25) is 0 Å². The Morgan fingerprint density at radius 2 is 2.18 bits per heavy atom. The number of aliphatic carboxylic acids is 1. The van der Waals surface area contributed by atoms with Crippen LogP contribution < -0.4 is 0 Å². The number of nitrogens with zero attached hydrogens (tertiary/aromatic N) is 2. The molecule has 1 aromatic rings. The van der Waals surface area contributed by atoms with Crippen molar-refractivity contribution < 1.29 is 14.7 Å². The first-order chi connectivity index (χ1) is 10.5. The number of carboxylic acid groups (broad SMARTS) is 1. The van der Waals surface area contributed by atoms with Crippen molar-refractivity contribution in [2.45, 2.75) is 64.8 Å². The van der Waals surface area contributed by atoms with Gasteiger partial charge >= 0.3 is 5.97 Å². The monoisotopic (exact) mass is 324 g/mol. The van der Waals surface area contributed by atoms with Gasteiger partial charge in [-0.15, -0.1) is 11.3 Å². The number of hydrogen-bond donors (Lipinski definition) is 1. The van der Waals surface area contributed by atoms with E-state index in [1.54, 1.807) is 0 Å². The van der Waals surface area contributed by atoms with Gasteiger partial charge in [-0.3, -0.25) is 9.59 Å². The standard InChI is InChI=1S/C16H24N2O3S/c1-3-6-13-17-11(2)15(22-13)16(21)18-10-5-4-7-12(18)8-9-14(19)20/h12H,3-10H2,1-2H3,(H,19,20)/t12-/m0/s1. The quantitative estimate of drug-likeness (QED) is 0.872. The van der Waals surface area contributed by atoms with Gasteiger partial charge in [-0.05, 0) is 45.4 Å². The normalized spacial score (nSPS) is 18.5. The Morgan fingerprint density at radius 3 is 2.86 bits per heavy atom. The summed E-state index contributed by atoms with van der Waals surface area (Å²) in [5.41, 5.74) is 0.806. The van der Waals surface area contributed by atoms with Crippen molar-refractivity contribution in [1.29, 1.82) is 0 Å². The molecule has 22 heavy (non-hydrogen) atoms. The van der Waals surface area contributed by atoms with Crippen molar-refractivity contribution in [3.05, 3.63) is 15.6 Å². The van der Waals surface area contributed by atoms with Crippen LogP contribution in [0.1, 0.15) is 65.8 Å². The molecule has 0 aliphatic carbocycles. The number of thiazole rings is 1. The number of carbonyl (C=O) groups is 2. The summed E-state index contributed by atoms with van der Waals surface area (Å²) in [5, 5.41) is 9.90. The number of rotatable bonds is 6. The highest BCUT2D eigenvalue weighted by Crippen LogP contribution is 2.27. The molecule has 1 aliphatic heterocycles. The average Bonchev–Trinajstić information content (AvgIpc) is 2.86. The summed E-state index contributed by atoms with van der Waals surface area (Å²) >= 11 is 1.49. The summed E-state index contributed by atoms with van der Waals surface area (Å²) in [4.78, 5) is 30.7. The van der Waals surface area contributed by atoms with Crippen LogP contribution in [-0.2, 0) is 11.2 Å². The van der Waals surface area contributed by atoms with Crippen molar-refractivity contribution in [2.24, 2.45) is 0 Å². The zero-order valence-corrected chi connectivity index (χ0v) is 14.1. The Bertz CT molecular complexity index is 541. The number of aryl methyl sites for hydroxylation is 2. The van der Waals surface area contributed by atoms with E-state index in [2.05, 4.69) is 11.9 Å². The second-order valence-electron chi connectivity index (χ2n) is 5.85. The van der Waals surface area contributed by atoms with E-state index in [4.69, 9.17) is 5.11 Å². The molecular formula is C16H24N2O3S. The van der Waals surface area contributed by atoms with Gasteiger partial charge in [-0.25, -0.2) is 4.98 Å². The van der Waals surface area contributed by atoms with E-state index < -0.39 is 5.97 Å². The van der Waals surface area contributed by atoms with E-state index in [9.17, 15) is 9.59 Å². The average molecular weight is 324 g/mol. The lowest BCUT2D eigenvalue weighted by molar-refractivity contribution is -0.137. The predicted octanol–water partition coefficient (Wildman–Crippen LogP) is 3.26. The molecule has 0 unspecified atom stereocenters. The lowest BCUT2D eigenvalue weighted by Gasteiger charge is -2.35. The second-order valence-corrected chi connectivity index (χ2v) is 6.94. The highest BCUT2D eigenvalue weighted by molar-refractivity contribution is 7.13. The predicted molar refractivity (Wildman–Crippen MR) is 86.4 cm³/mol. The summed E-state index contributed by atoms with van der Waals surface area (Å²) in [6, 6.07) is 0.0495. The molecule has 0 radical (unpaired) electrons. The molecule has 1 atom stereocenters. The van der Waals surface area contributed by atoms with Crippen molar-refractivity contribution >= 4 is 23.2 Å². The third kappa shape index (κ3) is 4.06. The van der Waals surface area contributed by atoms with Gasteiger partial charge in [0.1, 0.15) is 4.88 Å². The van der Waals surface area contributed by atoms with E-state index >= 15 is 0 Å². The summed E-state index contributed by atoms with van der Waals surface area (Å²) in [6.07, 6.45) is 5.55. The van der Waals surface area contributed by atoms with E-state index in [-0.39, 0.29) is 18.4 Å². The third-order valence-corrected chi connectivity index (χ3v) is 5.28. The number of likely N-dealkylation sites (tertiary alicyclic amines) is 1. The Balaban J connectivity index is 2.12. The number of amides is 1. The molecule has 1 amide bonds. The first-order valence-corrected chi connectivity index (χ1v) is 8.83. The minimum absolute atomic E-state index is 0.0347. The minimum atomic E-state index is -0.794. The first kappa shape index (κ1) is 16.9. The van der Waals surface area contributed by atoms with Gasteiger partial charge in [0, 0.05) is 19.0 Å². The summed E-state index contributed by atoms with van der Waals surface area (Å²) in [5.74, 6) is -0.760. The maximum atomic E-state index is 12.8. The van der Waals surface area contributed by atoms with Crippen molar-refractivity contribution in [1.82, 2.24) is 9.88 Å². The number of carbonyl (C=O) groups excluding carboxylic acids is 1. The van der Waals surface area contributed by atoms with Crippen LogP contribution in [0, 0.1) is 6.92 Å². The van der Waals surface area contributed by atoms with Crippen LogP contribution >= 0.6 is 11.3 Å². The van der Waals surface area contributed by atoms with Crippen LogP contribution in [0.5, 0.6) is 0 Å². The molecule has 1 fully saturated rings. The molecule has 0 saturated carbocycles. The van der Waals surface area contributed by atoms with Crippen LogP contribution in [-0.4, -0.2) is 39.5 Å². The van der Waals surface area contributed by atoms with Gasteiger partial charge in [-0.1, -0.05) is 6.92 Å². The van der Waals surface area contributed by atoms with Gasteiger partial charge in [0.05, 0.1) is 10.7 Å². The van der Waals surface area contributed by atoms with Crippen LogP contribution in [0.25, 0.3) is 0 Å². The molecule has 1 aliphatic rings. The third-order valence-electron chi connectivity index (χ3n) is 4.08.